The van der Waals surface area contributed by atoms with Crippen molar-refractivity contribution in [2.24, 2.45) is 17.6 Å². The number of hydrogen-bond donors (Lipinski definition) is 5. The molecule has 0 saturated heterocycles. The first-order chi connectivity index (χ1) is 16.7. The summed E-state index contributed by atoms with van der Waals surface area (Å²) in [6.07, 6.45) is 0.141. The second kappa shape index (κ2) is 9.00. The van der Waals surface area contributed by atoms with Gasteiger partial charge in [-0.25, -0.2) is 0 Å². The summed E-state index contributed by atoms with van der Waals surface area (Å²) in [5.74, 6) is -7.77. The van der Waals surface area contributed by atoms with Crippen molar-refractivity contribution in [3.05, 3.63) is 39.7 Å². The highest BCUT2D eigenvalue weighted by Gasteiger charge is 2.64. The fraction of sp³-hybridized carbons (Fsp3) is 0.462. The first kappa shape index (κ1) is 27.9. The quantitative estimate of drug-likeness (QED) is 0.285. The van der Waals surface area contributed by atoms with Gasteiger partial charge in [-0.1, -0.05) is 7.43 Å². The number of rotatable bonds is 4. The van der Waals surface area contributed by atoms with Crippen LogP contribution >= 0.6 is 0 Å². The molecule has 0 aliphatic heterocycles. The lowest BCUT2D eigenvalue weighted by Gasteiger charge is -2.50. The molecule has 0 spiro atoms. The van der Waals surface area contributed by atoms with Crippen molar-refractivity contribution in [3.8, 4) is 5.75 Å². The topological polar surface area (TPSA) is 182 Å². The highest BCUT2D eigenvalue weighted by atomic mass is 16.3. The summed E-state index contributed by atoms with van der Waals surface area (Å²) in [6.45, 7) is 1.25. The molecule has 37 heavy (non-hydrogen) atoms. The van der Waals surface area contributed by atoms with Crippen molar-refractivity contribution in [1.29, 1.82) is 0 Å². The maximum atomic E-state index is 13.8. The first-order valence-corrected chi connectivity index (χ1v) is 11.4. The van der Waals surface area contributed by atoms with Crippen LogP contribution in [0.3, 0.4) is 0 Å². The van der Waals surface area contributed by atoms with Gasteiger partial charge in [0.2, 0.25) is 5.78 Å². The number of nitrogens with zero attached hydrogens (tertiary/aromatic N) is 2. The van der Waals surface area contributed by atoms with Crippen molar-refractivity contribution in [2.75, 3.05) is 33.1 Å². The Morgan fingerprint density at radius 3 is 2.19 bits per heavy atom. The monoisotopic (exact) mass is 515 g/mol. The Kier molecular flexibility index (Phi) is 6.78. The van der Waals surface area contributed by atoms with Crippen molar-refractivity contribution in [3.63, 3.8) is 0 Å². The Morgan fingerprint density at radius 2 is 1.70 bits per heavy atom. The van der Waals surface area contributed by atoms with E-state index < -0.39 is 69.6 Å². The number of aliphatic hydroxyl groups excluding tert-OH is 2. The normalized spacial score (nSPS) is 26.8. The third-order valence-corrected chi connectivity index (χ3v) is 7.56. The average Bonchev–Trinajstić information content (AvgIpc) is 2.75. The number of fused-ring (bicyclic) bond motifs is 3. The highest BCUT2D eigenvalue weighted by Crippen LogP contribution is 2.54. The van der Waals surface area contributed by atoms with E-state index in [-0.39, 0.29) is 37.0 Å². The zero-order chi connectivity index (χ0) is 27.0. The van der Waals surface area contributed by atoms with Crippen LogP contribution in [0.15, 0.2) is 23.0 Å². The van der Waals surface area contributed by atoms with Crippen LogP contribution in [0, 0.1) is 11.8 Å². The number of nitrogens with two attached hydrogens (primary N) is 1. The number of hydrogen-bond acceptors (Lipinski definition) is 10. The smallest absolute Gasteiger partial charge is 0.255 e. The zero-order valence-electron chi connectivity index (χ0n) is 20.6. The van der Waals surface area contributed by atoms with E-state index in [4.69, 9.17) is 5.73 Å². The van der Waals surface area contributed by atoms with E-state index in [1.165, 1.54) is 17.9 Å². The molecular weight excluding hydrogens is 482 g/mol. The van der Waals surface area contributed by atoms with Crippen LogP contribution in [0.1, 0.15) is 42.3 Å². The van der Waals surface area contributed by atoms with Crippen LogP contribution in [0.4, 0.5) is 5.69 Å². The average molecular weight is 516 g/mol. The predicted octanol–water partition coefficient (Wildman–Crippen LogP) is 0.869. The lowest BCUT2D eigenvalue weighted by Crippen LogP contribution is -2.65. The summed E-state index contributed by atoms with van der Waals surface area (Å²) in [4.78, 5) is 54.3. The molecule has 1 amide bonds. The molecule has 0 aromatic heterocycles. The van der Waals surface area contributed by atoms with Gasteiger partial charge in [0.05, 0.1) is 17.2 Å². The molecule has 6 N–H and O–H groups in total. The van der Waals surface area contributed by atoms with Gasteiger partial charge in [0.25, 0.3) is 5.91 Å². The summed E-state index contributed by atoms with van der Waals surface area (Å²) in [5, 5.41) is 44.7. The number of amides is 1. The van der Waals surface area contributed by atoms with Gasteiger partial charge in [0.1, 0.15) is 22.8 Å². The number of phenolic OH excluding ortho intramolecular Hbond substituents is 1. The fourth-order valence-corrected chi connectivity index (χ4v) is 5.96. The Hall–Kier alpha value is -3.70. The molecule has 3 aliphatic carbocycles. The van der Waals surface area contributed by atoms with Crippen LogP contribution < -0.4 is 10.6 Å². The van der Waals surface area contributed by atoms with Crippen molar-refractivity contribution < 1.29 is 39.6 Å². The minimum atomic E-state index is -2.71. The van der Waals surface area contributed by atoms with Gasteiger partial charge in [0.15, 0.2) is 17.2 Å². The van der Waals surface area contributed by atoms with Gasteiger partial charge >= 0.3 is 0 Å². The first-order valence-electron chi connectivity index (χ1n) is 11.4. The number of carbonyl (C=O) groups is 4. The summed E-state index contributed by atoms with van der Waals surface area (Å²) >= 11 is 0. The molecule has 11 nitrogen and oxygen atoms in total. The lowest BCUT2D eigenvalue weighted by atomic mass is 9.57. The Morgan fingerprint density at radius 1 is 1.11 bits per heavy atom. The molecule has 0 heterocycles. The molecule has 3 aliphatic rings. The number of aliphatic hydroxyl groups is 3. The van der Waals surface area contributed by atoms with Gasteiger partial charge in [-0.2, -0.15) is 0 Å². The van der Waals surface area contributed by atoms with Gasteiger partial charge in [-0.15, -0.1) is 0 Å². The standard InChI is InChI=1S/C25H29N3O8.CH4/c1-9(29)11-8-14(27(2)3)12-6-10-7-13-18(28(4)5)21(32)17(24(26)35)23(34)25(13,36)22(33)15(10)20(31)16(12)19(11)30;/h8,10,13,18,30-31,34,36H,6-7H2,1-5H3,(H2,26,35);1H4/t10-,13-,18-,25-;/m0./s1. The minimum Gasteiger partial charge on any atom is -0.508 e. The van der Waals surface area contributed by atoms with Crippen LogP contribution in [-0.4, -0.2) is 88.4 Å². The van der Waals surface area contributed by atoms with E-state index in [9.17, 15) is 39.6 Å². The molecule has 0 unspecified atom stereocenters. The minimum absolute atomic E-state index is 0. The Bertz CT molecular complexity index is 1310. The molecule has 11 heteroatoms. The number of benzene rings is 1. The number of primary amides is 1. The second-order valence-electron chi connectivity index (χ2n) is 10.1. The summed E-state index contributed by atoms with van der Waals surface area (Å²) in [7, 11) is 6.54. The van der Waals surface area contributed by atoms with Gasteiger partial charge < -0.3 is 31.1 Å². The number of likely N-dealkylation sites (N-methyl/N-ethyl adjacent to an activating group) is 1. The van der Waals surface area contributed by atoms with Crippen LogP contribution in [-0.2, 0) is 20.8 Å². The number of aromatic hydroxyl groups is 1. The largest absolute Gasteiger partial charge is 0.508 e. The zero-order valence-corrected chi connectivity index (χ0v) is 20.6. The SMILES string of the molecule is C.CC(=O)c1cc(N(C)C)c2c(c1O)C(O)=C1C(=O)[C@]3(O)C(O)=C(C(N)=O)C(=O)[C@@H](N(C)C)[C@@H]3C[C@@H]1C2. The van der Waals surface area contributed by atoms with Crippen LogP contribution in [0.2, 0.25) is 0 Å². The lowest BCUT2D eigenvalue weighted by molar-refractivity contribution is -0.153. The third-order valence-electron chi connectivity index (χ3n) is 7.56. The molecule has 4 rings (SSSR count). The third kappa shape index (κ3) is 3.64. The number of carbonyl (C=O) groups excluding carboxylic acids is 4. The number of anilines is 1. The molecule has 1 aromatic rings. The van der Waals surface area contributed by atoms with E-state index in [2.05, 4.69) is 0 Å². The van der Waals surface area contributed by atoms with Crippen LogP contribution in [0.5, 0.6) is 5.75 Å². The van der Waals surface area contributed by atoms with E-state index >= 15 is 0 Å². The molecule has 1 aromatic carbocycles. The van der Waals surface area contributed by atoms with E-state index in [1.807, 2.05) is 0 Å². The van der Waals surface area contributed by atoms with E-state index in [1.54, 1.807) is 33.1 Å². The molecular formula is C26H33N3O8. The van der Waals surface area contributed by atoms with Crippen molar-refractivity contribution in [2.45, 2.75) is 38.8 Å². The molecule has 0 bridgehead atoms. The summed E-state index contributed by atoms with van der Waals surface area (Å²) in [6, 6.07) is 0.361. The van der Waals surface area contributed by atoms with Gasteiger partial charge in [0, 0.05) is 31.3 Å². The summed E-state index contributed by atoms with van der Waals surface area (Å²) < 4.78 is 0. The van der Waals surface area contributed by atoms with Gasteiger partial charge in [-0.3, -0.25) is 24.1 Å². The van der Waals surface area contributed by atoms with Crippen molar-refractivity contribution in [1.82, 2.24) is 4.90 Å². The molecule has 0 radical (unpaired) electrons. The fourth-order valence-electron chi connectivity index (χ4n) is 5.96. The Labute approximate surface area is 214 Å². The number of ketones is 3. The molecule has 200 valence electrons. The predicted molar refractivity (Wildman–Crippen MR) is 135 cm³/mol. The van der Waals surface area contributed by atoms with E-state index in [0.717, 1.165) is 0 Å². The molecule has 1 saturated carbocycles. The van der Waals surface area contributed by atoms with Crippen molar-refractivity contribution >= 4 is 34.7 Å². The summed E-state index contributed by atoms with van der Waals surface area (Å²) in [5.41, 5.74) is 2.36. The molecule has 1 fully saturated rings. The maximum Gasteiger partial charge on any atom is 0.255 e. The Balaban J connectivity index is 0.00000380. The van der Waals surface area contributed by atoms with Gasteiger partial charge in [-0.05, 0) is 51.4 Å². The number of phenols is 1. The van der Waals surface area contributed by atoms with E-state index in [0.29, 0.717) is 11.3 Å². The second-order valence-corrected chi connectivity index (χ2v) is 10.1. The number of Topliss-reactive ketones (excluding diaryl/α,β-unsaturated/α-hetero) is 3. The molecule has 4 atom stereocenters. The maximum absolute atomic E-state index is 13.8. The highest BCUT2D eigenvalue weighted by molar-refractivity contribution is 6.24. The van der Waals surface area contributed by atoms with Crippen LogP contribution in [0.25, 0.3) is 5.76 Å².